The summed E-state index contributed by atoms with van der Waals surface area (Å²) in [5.74, 6) is -0.0865. The lowest BCUT2D eigenvalue weighted by molar-refractivity contribution is -0.167. The highest BCUT2D eigenvalue weighted by molar-refractivity contribution is 6.04. The highest BCUT2D eigenvalue weighted by Crippen LogP contribution is 2.50. The van der Waals surface area contributed by atoms with E-state index in [2.05, 4.69) is 6.92 Å². The van der Waals surface area contributed by atoms with Gasteiger partial charge < -0.3 is 4.74 Å². The zero-order valence-corrected chi connectivity index (χ0v) is 10.9. The number of hydrogen-bond acceptors (Lipinski definition) is 3. The average Bonchev–Trinajstić information content (AvgIpc) is 2.27. The lowest BCUT2D eigenvalue weighted by atomic mass is 9.60. The first-order valence-corrected chi connectivity index (χ1v) is 6.14. The van der Waals surface area contributed by atoms with Gasteiger partial charge in [0.05, 0.1) is 23.2 Å². The minimum atomic E-state index is -0.608. The molecule has 2 aliphatic rings. The smallest absolute Gasteiger partial charge is 0.181 e. The highest BCUT2D eigenvalue weighted by Gasteiger charge is 2.54. The summed E-state index contributed by atoms with van der Waals surface area (Å²) in [5, 5.41) is 9.07. The maximum absolute atomic E-state index is 12.2. The van der Waals surface area contributed by atoms with Crippen LogP contribution in [0.25, 0.3) is 0 Å². The zero-order valence-electron chi connectivity index (χ0n) is 10.9. The third kappa shape index (κ3) is 1.71. The molecule has 3 atom stereocenters. The molecule has 0 saturated carbocycles. The summed E-state index contributed by atoms with van der Waals surface area (Å²) in [6, 6.07) is 2.03. The lowest BCUT2D eigenvalue weighted by Gasteiger charge is -2.51. The standard InChI is InChI=1S/C14H19NO2/c1-9-5-6-14(4)7-10(8-15)11(16)13(2,3)12(14)17-9/h7,9,12H,5-6H2,1-4H3/t9-,12-,14-/m1/s1. The predicted molar refractivity (Wildman–Crippen MR) is 64.2 cm³/mol. The van der Waals surface area contributed by atoms with Crippen LogP contribution in [-0.2, 0) is 9.53 Å². The summed E-state index contributed by atoms with van der Waals surface area (Å²) in [6.45, 7) is 7.92. The van der Waals surface area contributed by atoms with E-state index in [4.69, 9.17) is 10.00 Å². The Morgan fingerprint density at radius 3 is 2.71 bits per heavy atom. The number of ketones is 1. The summed E-state index contributed by atoms with van der Waals surface area (Å²) in [4.78, 5) is 12.2. The van der Waals surface area contributed by atoms with Crippen molar-refractivity contribution in [1.29, 1.82) is 5.26 Å². The molecule has 0 aromatic rings. The van der Waals surface area contributed by atoms with Gasteiger partial charge in [-0.25, -0.2) is 0 Å². The zero-order chi connectivity index (χ0) is 12.8. The van der Waals surface area contributed by atoms with E-state index in [9.17, 15) is 4.79 Å². The molecule has 0 spiro atoms. The molecule has 1 fully saturated rings. The van der Waals surface area contributed by atoms with Crippen molar-refractivity contribution in [2.75, 3.05) is 0 Å². The summed E-state index contributed by atoms with van der Waals surface area (Å²) in [5.41, 5.74) is -0.495. The Kier molecular flexibility index (Phi) is 2.67. The molecule has 0 aromatic carbocycles. The Balaban J connectivity index is 2.51. The van der Waals surface area contributed by atoms with Crippen molar-refractivity contribution >= 4 is 5.78 Å². The van der Waals surface area contributed by atoms with Crippen LogP contribution in [-0.4, -0.2) is 18.0 Å². The van der Waals surface area contributed by atoms with Crippen LogP contribution in [0.3, 0.4) is 0 Å². The van der Waals surface area contributed by atoms with Crippen LogP contribution in [0.2, 0.25) is 0 Å². The number of fused-ring (bicyclic) bond motifs is 1. The fraction of sp³-hybridized carbons (Fsp3) is 0.714. The van der Waals surface area contributed by atoms with Crippen LogP contribution in [0.4, 0.5) is 0 Å². The van der Waals surface area contributed by atoms with E-state index < -0.39 is 5.41 Å². The Morgan fingerprint density at radius 2 is 2.12 bits per heavy atom. The van der Waals surface area contributed by atoms with Gasteiger partial charge in [0, 0.05) is 5.41 Å². The average molecular weight is 233 g/mol. The topological polar surface area (TPSA) is 50.1 Å². The maximum Gasteiger partial charge on any atom is 0.181 e. The minimum absolute atomic E-state index is 0.0865. The van der Waals surface area contributed by atoms with Gasteiger partial charge in [0.1, 0.15) is 6.07 Å². The quantitative estimate of drug-likeness (QED) is 0.646. The number of carbonyl (C=O) groups excluding carboxylic acids is 1. The molecular formula is C14H19NO2. The Labute approximate surface area is 102 Å². The molecule has 92 valence electrons. The van der Waals surface area contributed by atoms with Gasteiger partial charge in [0.25, 0.3) is 0 Å². The van der Waals surface area contributed by atoms with Crippen LogP contribution in [0.15, 0.2) is 11.6 Å². The molecule has 0 aromatic heterocycles. The lowest BCUT2D eigenvalue weighted by Crippen LogP contribution is -2.55. The molecule has 17 heavy (non-hydrogen) atoms. The summed E-state index contributed by atoms with van der Waals surface area (Å²) < 4.78 is 6.00. The van der Waals surface area contributed by atoms with Crippen LogP contribution < -0.4 is 0 Å². The SMILES string of the molecule is C[C@@H]1CC[C@]2(C)C=C(C#N)C(=O)C(C)(C)[C@H]2O1. The van der Waals surface area contributed by atoms with Gasteiger partial charge >= 0.3 is 0 Å². The highest BCUT2D eigenvalue weighted by atomic mass is 16.5. The molecule has 2 rings (SSSR count). The number of rotatable bonds is 0. The van der Waals surface area contributed by atoms with Crippen molar-refractivity contribution in [2.45, 2.75) is 52.7 Å². The molecular weight excluding hydrogens is 214 g/mol. The molecule has 0 bridgehead atoms. The number of nitriles is 1. The summed E-state index contributed by atoms with van der Waals surface area (Å²) in [7, 11) is 0. The number of nitrogens with zero attached hydrogens (tertiary/aromatic N) is 1. The van der Waals surface area contributed by atoms with E-state index in [1.54, 1.807) is 0 Å². The van der Waals surface area contributed by atoms with Gasteiger partial charge in [-0.1, -0.05) is 13.0 Å². The fourth-order valence-electron chi connectivity index (χ4n) is 3.19. The first kappa shape index (κ1) is 12.3. The van der Waals surface area contributed by atoms with Crippen LogP contribution >= 0.6 is 0 Å². The Morgan fingerprint density at radius 1 is 1.47 bits per heavy atom. The molecule has 1 heterocycles. The van der Waals surface area contributed by atoms with Crippen molar-refractivity contribution in [3.63, 3.8) is 0 Å². The maximum atomic E-state index is 12.2. The Bertz CT molecular complexity index is 430. The predicted octanol–water partition coefficient (Wildman–Crippen LogP) is 2.62. The summed E-state index contributed by atoms with van der Waals surface area (Å²) >= 11 is 0. The molecule has 0 radical (unpaired) electrons. The third-order valence-electron chi connectivity index (χ3n) is 4.14. The molecule has 0 unspecified atom stereocenters. The molecule has 1 aliphatic carbocycles. The monoisotopic (exact) mass is 233 g/mol. The third-order valence-corrected chi connectivity index (χ3v) is 4.14. The van der Waals surface area contributed by atoms with Gasteiger partial charge in [-0.2, -0.15) is 5.26 Å². The van der Waals surface area contributed by atoms with E-state index in [1.165, 1.54) is 0 Å². The van der Waals surface area contributed by atoms with Gasteiger partial charge in [0.15, 0.2) is 5.78 Å². The molecule has 1 saturated heterocycles. The fourth-order valence-corrected chi connectivity index (χ4v) is 3.19. The van der Waals surface area contributed by atoms with Crippen molar-refractivity contribution in [3.05, 3.63) is 11.6 Å². The van der Waals surface area contributed by atoms with Gasteiger partial charge in [-0.05, 0) is 33.6 Å². The van der Waals surface area contributed by atoms with Crippen LogP contribution in [0.5, 0.6) is 0 Å². The largest absolute Gasteiger partial charge is 0.373 e. The van der Waals surface area contributed by atoms with Gasteiger partial charge in [-0.15, -0.1) is 0 Å². The van der Waals surface area contributed by atoms with E-state index in [0.717, 1.165) is 12.8 Å². The van der Waals surface area contributed by atoms with Crippen molar-refractivity contribution in [3.8, 4) is 6.07 Å². The van der Waals surface area contributed by atoms with E-state index in [1.807, 2.05) is 32.9 Å². The normalized spacial score (nSPS) is 40.2. The van der Waals surface area contributed by atoms with Crippen molar-refractivity contribution < 1.29 is 9.53 Å². The molecule has 1 aliphatic heterocycles. The number of allylic oxidation sites excluding steroid dienone is 1. The second kappa shape index (κ2) is 3.68. The Hall–Kier alpha value is -1.14. The molecule has 3 heteroatoms. The van der Waals surface area contributed by atoms with Gasteiger partial charge in [0.2, 0.25) is 0 Å². The van der Waals surface area contributed by atoms with Crippen molar-refractivity contribution in [2.24, 2.45) is 10.8 Å². The first-order chi connectivity index (χ1) is 7.81. The minimum Gasteiger partial charge on any atom is -0.373 e. The van der Waals surface area contributed by atoms with Crippen LogP contribution in [0, 0.1) is 22.2 Å². The number of hydrogen-bond donors (Lipinski definition) is 0. The number of carbonyl (C=O) groups is 1. The van der Waals surface area contributed by atoms with Crippen molar-refractivity contribution in [1.82, 2.24) is 0 Å². The second-order valence-corrected chi connectivity index (χ2v) is 6.09. The first-order valence-electron chi connectivity index (χ1n) is 6.14. The number of ether oxygens (including phenoxy) is 1. The summed E-state index contributed by atoms with van der Waals surface area (Å²) in [6.07, 6.45) is 3.85. The van der Waals surface area contributed by atoms with E-state index in [0.29, 0.717) is 5.57 Å². The second-order valence-electron chi connectivity index (χ2n) is 6.09. The molecule has 0 amide bonds. The van der Waals surface area contributed by atoms with E-state index >= 15 is 0 Å². The number of Topliss-reactive ketones (excluding diaryl/α,β-unsaturated/α-hetero) is 1. The van der Waals surface area contributed by atoms with E-state index in [-0.39, 0.29) is 23.4 Å². The van der Waals surface area contributed by atoms with Crippen LogP contribution in [0.1, 0.15) is 40.5 Å². The molecule has 3 nitrogen and oxygen atoms in total. The van der Waals surface area contributed by atoms with Gasteiger partial charge in [-0.3, -0.25) is 4.79 Å². The molecule has 0 N–H and O–H groups in total.